The van der Waals surface area contributed by atoms with Gasteiger partial charge in [-0.25, -0.2) is 0 Å². The summed E-state index contributed by atoms with van der Waals surface area (Å²) in [4.78, 5) is 12.0. The molecule has 3 heteroatoms. The summed E-state index contributed by atoms with van der Waals surface area (Å²) in [5, 5.41) is 1.14. The number of carbonyl (C=O) groups excluding carboxylic acids is 1. The number of Topliss-reactive ketones (excluding diaryl/α,β-unsaturated/α-hetero) is 1. The van der Waals surface area contributed by atoms with Crippen molar-refractivity contribution in [2.45, 2.75) is 32.3 Å². The molecule has 3 aromatic rings. The van der Waals surface area contributed by atoms with Gasteiger partial charge in [-0.05, 0) is 42.3 Å². The van der Waals surface area contributed by atoms with Gasteiger partial charge in [0.15, 0.2) is 5.78 Å². The van der Waals surface area contributed by atoms with E-state index in [1.165, 1.54) is 16.7 Å². The zero-order valence-electron chi connectivity index (χ0n) is 16.7. The quantitative estimate of drug-likeness (QED) is 0.351. The maximum absolute atomic E-state index is 12.0. The Morgan fingerprint density at radius 1 is 0.964 bits per heavy atom. The average molecular weight is 390 g/mol. The minimum absolute atomic E-state index is 0.128. The Morgan fingerprint density at radius 3 is 2.36 bits per heavy atom. The standard InChI is InChI=1S/C25H27O2P/c1-4-24(28-25-13-9-8-12-21(25)18(2)26)22-17-20(14-15-23(22)27-3)16-19-10-6-5-7-11-19/h5-15,17,24,28H,4,16H2,1-3H3. The van der Waals surface area contributed by atoms with Crippen molar-refractivity contribution < 1.29 is 9.53 Å². The summed E-state index contributed by atoms with van der Waals surface area (Å²) in [6.07, 6.45) is 1.90. The molecule has 0 radical (unpaired) electrons. The lowest BCUT2D eigenvalue weighted by molar-refractivity contribution is 0.101. The molecule has 0 bridgehead atoms. The highest BCUT2D eigenvalue weighted by Crippen LogP contribution is 2.42. The third-order valence-electron chi connectivity index (χ3n) is 4.96. The van der Waals surface area contributed by atoms with Crippen LogP contribution in [0.3, 0.4) is 0 Å². The van der Waals surface area contributed by atoms with Crippen LogP contribution < -0.4 is 10.0 Å². The van der Waals surface area contributed by atoms with Crippen LogP contribution in [0.15, 0.2) is 72.8 Å². The van der Waals surface area contributed by atoms with Gasteiger partial charge in [-0.2, -0.15) is 0 Å². The van der Waals surface area contributed by atoms with E-state index in [1.54, 1.807) is 14.0 Å². The van der Waals surface area contributed by atoms with Crippen molar-refractivity contribution in [1.82, 2.24) is 0 Å². The molecule has 3 aromatic carbocycles. The average Bonchev–Trinajstić information content (AvgIpc) is 2.73. The first-order chi connectivity index (χ1) is 13.6. The fourth-order valence-electron chi connectivity index (χ4n) is 3.50. The van der Waals surface area contributed by atoms with Gasteiger partial charge in [-0.3, -0.25) is 4.79 Å². The first-order valence-corrected chi connectivity index (χ1v) is 10.8. The predicted molar refractivity (Wildman–Crippen MR) is 120 cm³/mol. The van der Waals surface area contributed by atoms with Gasteiger partial charge in [0, 0.05) is 16.8 Å². The highest BCUT2D eigenvalue weighted by atomic mass is 31.1. The number of benzene rings is 3. The fourth-order valence-corrected chi connectivity index (χ4v) is 5.07. The van der Waals surface area contributed by atoms with Gasteiger partial charge in [0.05, 0.1) is 7.11 Å². The lowest BCUT2D eigenvalue weighted by Gasteiger charge is -2.21. The molecule has 0 spiro atoms. The van der Waals surface area contributed by atoms with Gasteiger partial charge in [0.25, 0.3) is 0 Å². The summed E-state index contributed by atoms with van der Waals surface area (Å²) in [7, 11) is 2.26. The SMILES string of the molecule is CCC(Pc1ccccc1C(C)=O)c1cc(Cc2ccccc2)ccc1OC. The van der Waals surface area contributed by atoms with Gasteiger partial charge in [-0.15, -0.1) is 0 Å². The number of carbonyl (C=O) groups is 1. The molecule has 0 fully saturated rings. The van der Waals surface area contributed by atoms with Gasteiger partial charge in [0.2, 0.25) is 0 Å². The molecule has 28 heavy (non-hydrogen) atoms. The van der Waals surface area contributed by atoms with Crippen LogP contribution in [0.1, 0.15) is 53.0 Å². The van der Waals surface area contributed by atoms with E-state index in [2.05, 4.69) is 55.5 Å². The van der Waals surface area contributed by atoms with Crippen molar-refractivity contribution in [3.63, 3.8) is 0 Å². The molecule has 0 aliphatic heterocycles. The van der Waals surface area contributed by atoms with E-state index in [0.717, 1.165) is 29.5 Å². The van der Waals surface area contributed by atoms with Crippen LogP contribution in [0.2, 0.25) is 0 Å². The van der Waals surface area contributed by atoms with Crippen LogP contribution in [-0.2, 0) is 6.42 Å². The summed E-state index contributed by atoms with van der Waals surface area (Å²) >= 11 is 0. The Bertz CT molecular complexity index is 934. The van der Waals surface area contributed by atoms with Gasteiger partial charge in [0.1, 0.15) is 5.75 Å². The molecule has 0 saturated carbocycles. The monoisotopic (exact) mass is 390 g/mol. The van der Waals surface area contributed by atoms with Crippen molar-refractivity contribution in [2.24, 2.45) is 0 Å². The Morgan fingerprint density at radius 2 is 1.68 bits per heavy atom. The minimum Gasteiger partial charge on any atom is -0.496 e. The topological polar surface area (TPSA) is 26.3 Å². The second-order valence-electron chi connectivity index (χ2n) is 6.95. The van der Waals surface area contributed by atoms with Crippen LogP contribution in [-0.4, -0.2) is 12.9 Å². The third kappa shape index (κ3) is 4.88. The van der Waals surface area contributed by atoms with Gasteiger partial charge >= 0.3 is 0 Å². The van der Waals surface area contributed by atoms with Crippen molar-refractivity contribution in [3.8, 4) is 5.75 Å². The lowest BCUT2D eigenvalue weighted by atomic mass is 10.00. The summed E-state index contributed by atoms with van der Waals surface area (Å²) in [5.41, 5.74) is 4.97. The Labute approximate surface area is 169 Å². The lowest BCUT2D eigenvalue weighted by Crippen LogP contribution is -2.10. The second-order valence-corrected chi connectivity index (χ2v) is 8.47. The summed E-state index contributed by atoms with van der Waals surface area (Å²) in [6.45, 7) is 3.85. The first-order valence-electron chi connectivity index (χ1n) is 9.69. The Balaban J connectivity index is 1.93. The highest BCUT2D eigenvalue weighted by molar-refractivity contribution is 7.47. The van der Waals surface area contributed by atoms with Crippen LogP contribution in [0, 0.1) is 0 Å². The first kappa shape index (κ1) is 20.3. The molecule has 2 unspecified atom stereocenters. The van der Waals surface area contributed by atoms with Crippen molar-refractivity contribution >= 4 is 19.7 Å². The normalized spacial score (nSPS) is 12.2. The van der Waals surface area contributed by atoms with Crippen LogP contribution in [0.4, 0.5) is 0 Å². The van der Waals surface area contributed by atoms with E-state index in [0.29, 0.717) is 14.2 Å². The van der Waals surface area contributed by atoms with E-state index in [9.17, 15) is 4.79 Å². The van der Waals surface area contributed by atoms with E-state index < -0.39 is 0 Å². The maximum Gasteiger partial charge on any atom is 0.160 e. The van der Waals surface area contributed by atoms with Crippen LogP contribution in [0.25, 0.3) is 0 Å². The smallest absolute Gasteiger partial charge is 0.160 e. The van der Waals surface area contributed by atoms with E-state index >= 15 is 0 Å². The number of methoxy groups -OCH3 is 1. The predicted octanol–water partition coefficient (Wildman–Crippen LogP) is 5.94. The number of ketones is 1. The molecule has 144 valence electrons. The molecule has 3 rings (SSSR count). The molecule has 0 saturated heterocycles. The highest BCUT2D eigenvalue weighted by Gasteiger charge is 2.18. The number of hydrogen-bond acceptors (Lipinski definition) is 2. The molecule has 0 aliphatic rings. The number of ether oxygens (including phenoxy) is 1. The molecule has 0 aromatic heterocycles. The summed E-state index contributed by atoms with van der Waals surface area (Å²) < 4.78 is 5.69. The fraction of sp³-hybridized carbons (Fsp3) is 0.240. The molecule has 0 amide bonds. The summed E-state index contributed by atoms with van der Waals surface area (Å²) in [5.74, 6) is 1.05. The summed E-state index contributed by atoms with van der Waals surface area (Å²) in [6, 6.07) is 25.0. The Hall–Kier alpha value is -2.44. The zero-order valence-corrected chi connectivity index (χ0v) is 17.7. The van der Waals surface area contributed by atoms with E-state index in [-0.39, 0.29) is 5.78 Å². The third-order valence-corrected chi connectivity index (χ3v) is 6.78. The van der Waals surface area contributed by atoms with Crippen molar-refractivity contribution in [2.75, 3.05) is 7.11 Å². The molecule has 0 heterocycles. The molecule has 0 aliphatic carbocycles. The number of rotatable bonds is 8. The largest absolute Gasteiger partial charge is 0.496 e. The second kappa shape index (κ2) is 9.66. The van der Waals surface area contributed by atoms with E-state index in [4.69, 9.17) is 4.74 Å². The van der Waals surface area contributed by atoms with Crippen molar-refractivity contribution in [3.05, 3.63) is 95.1 Å². The maximum atomic E-state index is 12.0. The minimum atomic E-state index is 0.128. The molecule has 0 N–H and O–H groups in total. The molecule has 2 atom stereocenters. The van der Waals surface area contributed by atoms with Crippen LogP contribution in [0.5, 0.6) is 5.75 Å². The molecule has 2 nitrogen and oxygen atoms in total. The zero-order chi connectivity index (χ0) is 19.9. The van der Waals surface area contributed by atoms with Gasteiger partial charge < -0.3 is 4.74 Å². The Kier molecular flexibility index (Phi) is 7.01. The molecular formula is C25H27O2P. The van der Waals surface area contributed by atoms with E-state index in [1.807, 2.05) is 24.3 Å². The van der Waals surface area contributed by atoms with Gasteiger partial charge in [-0.1, -0.05) is 82.2 Å². The van der Waals surface area contributed by atoms with Crippen LogP contribution >= 0.6 is 8.58 Å². The number of hydrogen-bond donors (Lipinski definition) is 0. The van der Waals surface area contributed by atoms with Crippen molar-refractivity contribution in [1.29, 1.82) is 0 Å². The molecular weight excluding hydrogens is 363 g/mol.